The summed E-state index contributed by atoms with van der Waals surface area (Å²) in [6, 6.07) is 7.97. The van der Waals surface area contributed by atoms with E-state index in [0.29, 0.717) is 41.7 Å². The van der Waals surface area contributed by atoms with Crippen LogP contribution in [0, 0.1) is 13.8 Å². The van der Waals surface area contributed by atoms with E-state index in [-0.39, 0.29) is 24.0 Å². The zero-order valence-electron chi connectivity index (χ0n) is 18.1. The fourth-order valence-corrected chi connectivity index (χ4v) is 5.01. The molecule has 0 spiro atoms. The van der Waals surface area contributed by atoms with E-state index in [4.69, 9.17) is 4.74 Å². The predicted octanol–water partition coefficient (Wildman–Crippen LogP) is 3.66. The molecule has 8 heteroatoms. The Hall–Kier alpha value is -2.84. The van der Waals surface area contributed by atoms with Gasteiger partial charge < -0.3 is 15.0 Å². The Morgan fingerprint density at radius 3 is 2.77 bits per heavy atom. The topological polar surface area (TPSA) is 84.4 Å². The Balaban J connectivity index is 1.68. The highest BCUT2D eigenvalue weighted by molar-refractivity contribution is 7.21. The normalized spacial score (nSPS) is 16.7. The van der Waals surface area contributed by atoms with Gasteiger partial charge in [0.05, 0.1) is 29.3 Å². The lowest BCUT2D eigenvalue weighted by atomic mass is 10.0. The van der Waals surface area contributed by atoms with Gasteiger partial charge in [0.2, 0.25) is 0 Å². The van der Waals surface area contributed by atoms with Crippen LogP contribution in [-0.2, 0) is 4.74 Å². The van der Waals surface area contributed by atoms with Crippen molar-refractivity contribution in [2.45, 2.75) is 39.8 Å². The van der Waals surface area contributed by atoms with Crippen LogP contribution in [0.5, 0.6) is 0 Å². The molecule has 7 nitrogen and oxygen atoms in total. The molecular weight excluding hydrogens is 412 g/mol. The number of aryl methyl sites for hydroxylation is 2. The number of nitrogens with one attached hydrogen (secondary N) is 1. The molecule has 31 heavy (non-hydrogen) atoms. The molecule has 1 atom stereocenters. The van der Waals surface area contributed by atoms with Crippen molar-refractivity contribution in [1.29, 1.82) is 0 Å². The van der Waals surface area contributed by atoms with Crippen molar-refractivity contribution in [3.05, 3.63) is 58.0 Å². The molecule has 3 heterocycles. The fraction of sp³-hybridized carbons (Fsp3) is 0.391. The average molecular weight is 439 g/mol. The molecule has 1 saturated heterocycles. The van der Waals surface area contributed by atoms with Crippen molar-refractivity contribution >= 4 is 33.2 Å². The number of carbonyl (C=O) groups is 2. The van der Waals surface area contributed by atoms with Gasteiger partial charge in [-0.1, -0.05) is 18.2 Å². The van der Waals surface area contributed by atoms with Gasteiger partial charge >= 0.3 is 0 Å². The first-order valence-electron chi connectivity index (χ1n) is 10.4. The van der Waals surface area contributed by atoms with Crippen LogP contribution in [0.3, 0.4) is 0 Å². The van der Waals surface area contributed by atoms with Crippen LogP contribution in [0.2, 0.25) is 0 Å². The molecule has 1 fully saturated rings. The third-order valence-corrected chi connectivity index (χ3v) is 6.45. The second kappa shape index (κ2) is 8.72. The number of thiophene rings is 1. The van der Waals surface area contributed by atoms with Crippen molar-refractivity contribution < 1.29 is 14.3 Å². The standard InChI is InChI=1S/C23H26N4O3S/c1-13(2)25-22(28)21-20(16-7-5-6-8-19(16)31-21)18-12-27(9-10-30-18)23(29)17-11-24-15(4)26-14(17)3/h5-8,11,13,18H,9-10,12H2,1-4H3,(H,25,28)/t18-/m1/s1. The zero-order valence-corrected chi connectivity index (χ0v) is 19.0. The van der Waals surface area contributed by atoms with E-state index < -0.39 is 0 Å². The maximum absolute atomic E-state index is 13.2. The van der Waals surface area contributed by atoms with Crippen molar-refractivity contribution in [2.24, 2.45) is 0 Å². The molecular formula is C23H26N4O3S. The second-order valence-corrected chi connectivity index (χ2v) is 9.05. The van der Waals surface area contributed by atoms with Crippen LogP contribution in [-0.4, -0.2) is 52.4 Å². The summed E-state index contributed by atoms with van der Waals surface area (Å²) in [6.45, 7) is 8.76. The van der Waals surface area contributed by atoms with Crippen LogP contribution in [0.25, 0.3) is 10.1 Å². The smallest absolute Gasteiger partial charge is 0.261 e. The first-order valence-corrected chi connectivity index (χ1v) is 11.2. The van der Waals surface area contributed by atoms with Gasteiger partial charge in [-0.3, -0.25) is 9.59 Å². The lowest BCUT2D eigenvalue weighted by molar-refractivity contribution is -0.0223. The molecule has 2 aromatic heterocycles. The van der Waals surface area contributed by atoms with E-state index >= 15 is 0 Å². The van der Waals surface area contributed by atoms with Crippen LogP contribution < -0.4 is 5.32 Å². The van der Waals surface area contributed by atoms with E-state index in [1.165, 1.54) is 11.3 Å². The number of hydrogen-bond acceptors (Lipinski definition) is 6. The minimum absolute atomic E-state index is 0.0282. The largest absolute Gasteiger partial charge is 0.370 e. The third-order valence-electron chi connectivity index (χ3n) is 5.27. The molecule has 162 valence electrons. The number of nitrogens with zero attached hydrogens (tertiary/aromatic N) is 3. The van der Waals surface area contributed by atoms with Gasteiger partial charge in [0, 0.05) is 29.0 Å². The highest BCUT2D eigenvalue weighted by Crippen LogP contribution is 2.38. The van der Waals surface area contributed by atoms with Gasteiger partial charge in [0.25, 0.3) is 11.8 Å². The summed E-state index contributed by atoms with van der Waals surface area (Å²) < 4.78 is 7.12. The summed E-state index contributed by atoms with van der Waals surface area (Å²) >= 11 is 1.46. The molecule has 1 N–H and O–H groups in total. The van der Waals surface area contributed by atoms with Crippen molar-refractivity contribution in [2.75, 3.05) is 19.7 Å². The number of ether oxygens (including phenoxy) is 1. The second-order valence-electron chi connectivity index (χ2n) is 8.00. The highest BCUT2D eigenvalue weighted by atomic mass is 32.1. The number of morpholine rings is 1. The fourth-order valence-electron chi connectivity index (χ4n) is 3.85. The summed E-state index contributed by atoms with van der Waals surface area (Å²) in [5.41, 5.74) is 2.02. The summed E-state index contributed by atoms with van der Waals surface area (Å²) in [4.78, 5) is 37.1. The van der Waals surface area contributed by atoms with Crippen LogP contribution in [0.15, 0.2) is 30.5 Å². The molecule has 0 aliphatic carbocycles. The molecule has 0 bridgehead atoms. The minimum Gasteiger partial charge on any atom is -0.370 e. The number of amides is 2. The number of fused-ring (bicyclic) bond motifs is 1. The van der Waals surface area contributed by atoms with Crippen molar-refractivity contribution in [1.82, 2.24) is 20.2 Å². The highest BCUT2D eigenvalue weighted by Gasteiger charge is 2.32. The Morgan fingerprint density at radius 2 is 2.03 bits per heavy atom. The number of benzene rings is 1. The SMILES string of the molecule is Cc1ncc(C(=O)N2CCO[C@@H](c3c(C(=O)NC(C)C)sc4ccccc34)C2)c(C)n1. The predicted molar refractivity (Wildman–Crippen MR) is 121 cm³/mol. The van der Waals surface area contributed by atoms with Gasteiger partial charge in [-0.15, -0.1) is 11.3 Å². The van der Waals surface area contributed by atoms with Crippen LogP contribution in [0.1, 0.15) is 57.1 Å². The maximum Gasteiger partial charge on any atom is 0.261 e. The molecule has 2 amide bonds. The van der Waals surface area contributed by atoms with Gasteiger partial charge in [0.15, 0.2) is 0 Å². The van der Waals surface area contributed by atoms with E-state index in [9.17, 15) is 9.59 Å². The van der Waals surface area contributed by atoms with E-state index in [1.807, 2.05) is 45.0 Å². The summed E-state index contributed by atoms with van der Waals surface area (Å²) in [5, 5.41) is 3.99. The van der Waals surface area contributed by atoms with Gasteiger partial charge in [-0.2, -0.15) is 0 Å². The molecule has 0 unspecified atom stereocenters. The summed E-state index contributed by atoms with van der Waals surface area (Å²) in [6.07, 6.45) is 1.21. The minimum atomic E-state index is -0.381. The zero-order chi connectivity index (χ0) is 22.1. The summed E-state index contributed by atoms with van der Waals surface area (Å²) in [5.74, 6) is 0.416. The van der Waals surface area contributed by atoms with E-state index in [2.05, 4.69) is 15.3 Å². The van der Waals surface area contributed by atoms with Gasteiger partial charge in [-0.05, 0) is 39.1 Å². The lowest BCUT2D eigenvalue weighted by Crippen LogP contribution is -2.43. The first kappa shape index (κ1) is 21.4. The maximum atomic E-state index is 13.2. The molecule has 1 aromatic carbocycles. The van der Waals surface area contributed by atoms with Gasteiger partial charge in [0.1, 0.15) is 11.9 Å². The van der Waals surface area contributed by atoms with Crippen molar-refractivity contribution in [3.63, 3.8) is 0 Å². The Kier molecular flexibility index (Phi) is 6.02. The number of carbonyl (C=O) groups excluding carboxylic acids is 2. The molecule has 4 rings (SSSR count). The third kappa shape index (κ3) is 4.31. The van der Waals surface area contributed by atoms with E-state index in [0.717, 1.165) is 15.6 Å². The quantitative estimate of drug-likeness (QED) is 0.672. The molecule has 0 saturated carbocycles. The Bertz CT molecular complexity index is 1140. The number of hydrogen-bond donors (Lipinski definition) is 1. The average Bonchev–Trinajstić information content (AvgIpc) is 3.13. The van der Waals surface area contributed by atoms with Crippen LogP contribution >= 0.6 is 11.3 Å². The van der Waals surface area contributed by atoms with E-state index in [1.54, 1.807) is 18.0 Å². The number of aromatic nitrogens is 2. The summed E-state index contributed by atoms with van der Waals surface area (Å²) in [7, 11) is 0. The monoisotopic (exact) mass is 438 g/mol. The van der Waals surface area contributed by atoms with Crippen molar-refractivity contribution in [3.8, 4) is 0 Å². The molecule has 1 aliphatic rings. The molecule has 1 aliphatic heterocycles. The molecule has 0 radical (unpaired) electrons. The van der Waals surface area contributed by atoms with Gasteiger partial charge in [-0.25, -0.2) is 9.97 Å². The Labute approximate surface area is 185 Å². The Morgan fingerprint density at radius 1 is 1.26 bits per heavy atom. The van der Waals surface area contributed by atoms with Crippen LogP contribution in [0.4, 0.5) is 0 Å². The molecule has 3 aromatic rings. The first-order chi connectivity index (χ1) is 14.8. The lowest BCUT2D eigenvalue weighted by Gasteiger charge is -2.33. The number of rotatable bonds is 4.